The van der Waals surface area contributed by atoms with Crippen LogP contribution < -0.4 is 9.96 Å². The van der Waals surface area contributed by atoms with Crippen molar-refractivity contribution in [3.63, 3.8) is 0 Å². The molecule has 0 aromatic carbocycles. The number of hydroxylamine groups is 1. The number of nitrogens with zero attached hydrogens (tertiary/aromatic N) is 4. The summed E-state index contributed by atoms with van der Waals surface area (Å²) in [4.78, 5) is 27.5. The van der Waals surface area contributed by atoms with Crippen molar-refractivity contribution in [3.8, 4) is 0 Å². The lowest BCUT2D eigenvalue weighted by molar-refractivity contribution is -0.00574. The van der Waals surface area contributed by atoms with Crippen molar-refractivity contribution in [2.45, 2.75) is 32.5 Å². The molecule has 1 aromatic heterocycles. The van der Waals surface area contributed by atoms with Gasteiger partial charge >= 0.3 is 5.97 Å². The monoisotopic (exact) mass is 308 g/mol. The van der Waals surface area contributed by atoms with Gasteiger partial charge < -0.3 is 14.7 Å². The summed E-state index contributed by atoms with van der Waals surface area (Å²) in [5.74, 6) is -0.222. The molecule has 3 rings (SSSR count). The maximum absolute atomic E-state index is 11.4. The van der Waals surface area contributed by atoms with Gasteiger partial charge in [-0.15, -0.1) is 0 Å². The molecule has 0 spiro atoms. The lowest BCUT2D eigenvalue weighted by Gasteiger charge is -2.35. The summed E-state index contributed by atoms with van der Waals surface area (Å²) in [6.45, 7) is 6.56. The van der Waals surface area contributed by atoms with E-state index < -0.39 is 5.97 Å². The molecule has 0 saturated carbocycles. The van der Waals surface area contributed by atoms with Crippen LogP contribution in [0.3, 0.4) is 0 Å². The Hall–Kier alpha value is -1.93. The molecule has 0 amide bonds. The highest BCUT2D eigenvalue weighted by atomic mass is 16.7. The Morgan fingerprint density at radius 1 is 1.36 bits per heavy atom. The zero-order chi connectivity index (χ0) is 15.7. The van der Waals surface area contributed by atoms with Crippen LogP contribution in [0.2, 0.25) is 0 Å². The van der Waals surface area contributed by atoms with Gasteiger partial charge in [0.05, 0.1) is 18.8 Å². The number of aromatic carboxylic acids is 1. The summed E-state index contributed by atoms with van der Waals surface area (Å²) in [6.07, 6.45) is 2.37. The Morgan fingerprint density at radius 3 is 2.68 bits per heavy atom. The Kier molecular flexibility index (Phi) is 4.12. The molecule has 2 atom stereocenters. The molecule has 1 aromatic rings. The summed E-state index contributed by atoms with van der Waals surface area (Å²) in [5, 5.41) is 10.9. The number of carboxylic acids is 1. The smallest absolute Gasteiger partial charge is 0.341 e. The number of carboxylic acid groups (broad SMARTS) is 1. The van der Waals surface area contributed by atoms with Gasteiger partial charge in [0.25, 0.3) is 0 Å². The first-order valence-electron chi connectivity index (χ1n) is 7.46. The van der Waals surface area contributed by atoms with Gasteiger partial charge in [0.15, 0.2) is 5.82 Å². The third-order valence-corrected chi connectivity index (χ3v) is 3.68. The molecule has 3 heterocycles. The number of hydrogen-bond acceptors (Lipinski definition) is 7. The van der Waals surface area contributed by atoms with Gasteiger partial charge in [-0.2, -0.15) is 4.98 Å². The minimum absolute atomic E-state index is 0.0556. The molecule has 2 aliphatic heterocycles. The maximum Gasteiger partial charge on any atom is 0.341 e. The van der Waals surface area contributed by atoms with Crippen molar-refractivity contribution in [1.82, 2.24) is 9.97 Å². The Labute approximate surface area is 128 Å². The zero-order valence-corrected chi connectivity index (χ0v) is 12.7. The number of carbonyl (C=O) groups is 1. The normalized spacial score (nSPS) is 25.5. The molecular weight excluding hydrogens is 288 g/mol. The predicted molar refractivity (Wildman–Crippen MR) is 79.1 cm³/mol. The third kappa shape index (κ3) is 2.97. The molecule has 0 radical (unpaired) electrons. The first-order valence-corrected chi connectivity index (χ1v) is 7.46. The Bertz CT molecular complexity index is 552. The molecule has 1 N–H and O–H groups in total. The van der Waals surface area contributed by atoms with E-state index in [4.69, 9.17) is 9.57 Å². The standard InChI is InChI=1S/C14H20N4O4/c1-9-7-17(8-10(2)22-9)14-15-6-11(13(19)20)12(16-14)18-4-3-5-21-18/h6,9-10H,3-5,7-8H2,1-2H3,(H,19,20)/t9-,10+. The highest BCUT2D eigenvalue weighted by Gasteiger charge is 2.28. The van der Waals surface area contributed by atoms with Crippen molar-refractivity contribution in [3.05, 3.63) is 11.8 Å². The highest BCUT2D eigenvalue weighted by Crippen LogP contribution is 2.25. The third-order valence-electron chi connectivity index (χ3n) is 3.68. The summed E-state index contributed by atoms with van der Waals surface area (Å²) < 4.78 is 5.70. The van der Waals surface area contributed by atoms with Gasteiger partial charge in [-0.25, -0.2) is 14.8 Å². The summed E-state index contributed by atoms with van der Waals surface area (Å²) in [6, 6.07) is 0. The molecule has 0 bridgehead atoms. The fourth-order valence-electron chi connectivity index (χ4n) is 2.81. The van der Waals surface area contributed by atoms with E-state index in [2.05, 4.69) is 9.97 Å². The average molecular weight is 308 g/mol. The molecule has 22 heavy (non-hydrogen) atoms. The Morgan fingerprint density at radius 2 is 2.09 bits per heavy atom. The average Bonchev–Trinajstić information content (AvgIpc) is 2.99. The second-order valence-corrected chi connectivity index (χ2v) is 5.66. The second kappa shape index (κ2) is 6.05. The van der Waals surface area contributed by atoms with Crippen molar-refractivity contribution in [1.29, 1.82) is 0 Å². The quantitative estimate of drug-likeness (QED) is 0.882. The van der Waals surface area contributed by atoms with Crippen molar-refractivity contribution in [2.24, 2.45) is 0 Å². The minimum atomic E-state index is -1.05. The number of morpholine rings is 1. The van der Waals surface area contributed by atoms with Gasteiger partial charge in [-0.05, 0) is 20.3 Å². The van der Waals surface area contributed by atoms with Crippen molar-refractivity contribution < 1.29 is 19.5 Å². The van der Waals surface area contributed by atoms with Crippen LogP contribution in [-0.2, 0) is 9.57 Å². The van der Waals surface area contributed by atoms with Crippen LogP contribution in [0.4, 0.5) is 11.8 Å². The lowest BCUT2D eigenvalue weighted by atomic mass is 10.2. The first-order chi connectivity index (χ1) is 10.5. The fourth-order valence-corrected chi connectivity index (χ4v) is 2.81. The fraction of sp³-hybridized carbons (Fsp3) is 0.643. The van der Waals surface area contributed by atoms with E-state index in [1.54, 1.807) is 5.06 Å². The first kappa shape index (κ1) is 15.0. The molecule has 0 aliphatic carbocycles. The number of hydrogen-bond donors (Lipinski definition) is 1. The van der Waals surface area contributed by atoms with E-state index in [9.17, 15) is 9.90 Å². The van der Waals surface area contributed by atoms with Crippen LogP contribution >= 0.6 is 0 Å². The van der Waals surface area contributed by atoms with Gasteiger partial charge in [0, 0.05) is 25.8 Å². The molecule has 8 heteroatoms. The SMILES string of the molecule is C[C@@H]1CN(c2ncc(C(=O)O)c(N3CCCO3)n2)C[C@H](C)O1. The van der Waals surface area contributed by atoms with Crippen molar-refractivity contribution >= 4 is 17.7 Å². The minimum Gasteiger partial charge on any atom is -0.477 e. The van der Waals surface area contributed by atoms with E-state index >= 15 is 0 Å². The van der Waals surface area contributed by atoms with Crippen LogP contribution in [0, 0.1) is 0 Å². The van der Waals surface area contributed by atoms with Crippen molar-refractivity contribution in [2.75, 3.05) is 36.2 Å². The molecule has 8 nitrogen and oxygen atoms in total. The lowest BCUT2D eigenvalue weighted by Crippen LogP contribution is -2.46. The largest absolute Gasteiger partial charge is 0.477 e. The van der Waals surface area contributed by atoms with Crippen LogP contribution in [0.15, 0.2) is 6.20 Å². The van der Waals surface area contributed by atoms with Gasteiger partial charge in [-0.3, -0.25) is 4.84 Å². The second-order valence-electron chi connectivity index (χ2n) is 5.66. The van der Waals surface area contributed by atoms with Gasteiger partial charge in [-0.1, -0.05) is 0 Å². The van der Waals surface area contributed by atoms with E-state index in [-0.39, 0.29) is 17.8 Å². The highest BCUT2D eigenvalue weighted by molar-refractivity contribution is 5.93. The topological polar surface area (TPSA) is 88.0 Å². The van der Waals surface area contributed by atoms with Crippen LogP contribution in [0.5, 0.6) is 0 Å². The number of aromatic nitrogens is 2. The number of anilines is 2. The maximum atomic E-state index is 11.4. The van der Waals surface area contributed by atoms with E-state index in [1.807, 2.05) is 18.7 Å². The van der Waals surface area contributed by atoms with E-state index in [0.717, 1.165) is 6.42 Å². The van der Waals surface area contributed by atoms with Gasteiger partial charge in [0.2, 0.25) is 5.95 Å². The summed E-state index contributed by atoms with van der Waals surface area (Å²) in [7, 11) is 0. The van der Waals surface area contributed by atoms with Crippen LogP contribution in [-0.4, -0.2) is 59.5 Å². The molecule has 2 aliphatic rings. The molecule has 120 valence electrons. The van der Waals surface area contributed by atoms with Gasteiger partial charge in [0.1, 0.15) is 5.56 Å². The molecule has 0 unspecified atom stereocenters. The summed E-state index contributed by atoms with van der Waals surface area (Å²) >= 11 is 0. The Balaban J connectivity index is 1.92. The van der Waals surface area contributed by atoms with E-state index in [1.165, 1.54) is 6.20 Å². The molecular formula is C14H20N4O4. The number of ether oxygens (including phenoxy) is 1. The van der Waals surface area contributed by atoms with Crippen LogP contribution in [0.25, 0.3) is 0 Å². The number of rotatable bonds is 3. The summed E-state index contributed by atoms with van der Waals surface area (Å²) in [5.41, 5.74) is 0.0556. The predicted octanol–water partition coefficient (Wildman–Crippen LogP) is 0.930. The molecule has 2 saturated heterocycles. The van der Waals surface area contributed by atoms with E-state index in [0.29, 0.717) is 38.0 Å². The molecule has 2 fully saturated rings. The van der Waals surface area contributed by atoms with Crippen LogP contribution in [0.1, 0.15) is 30.6 Å². The zero-order valence-electron chi connectivity index (χ0n) is 12.7.